The Bertz CT molecular complexity index is 296. The van der Waals surface area contributed by atoms with Crippen LogP contribution in [-0.2, 0) is 11.3 Å². The number of methoxy groups -OCH3 is 1. The van der Waals surface area contributed by atoms with E-state index < -0.39 is 0 Å². The molecule has 0 aromatic carbocycles. The molecule has 0 saturated heterocycles. The number of aryl methyl sites for hydroxylation is 1. The third-order valence-electron chi connectivity index (χ3n) is 1.94. The zero-order valence-corrected chi connectivity index (χ0v) is 8.19. The molecule has 0 saturated carbocycles. The monoisotopic (exact) mass is 197 g/mol. The van der Waals surface area contributed by atoms with Crippen LogP contribution in [0, 0.1) is 0 Å². The highest BCUT2D eigenvalue weighted by Crippen LogP contribution is 2.03. The topological polar surface area (TPSA) is 69.3 Å². The molecule has 1 aromatic rings. The van der Waals surface area contributed by atoms with Gasteiger partial charge >= 0.3 is 0 Å². The number of nitrogens with zero attached hydrogens (tertiary/aromatic N) is 1. The van der Waals surface area contributed by atoms with Crippen LogP contribution in [0.25, 0.3) is 0 Å². The summed E-state index contributed by atoms with van der Waals surface area (Å²) in [5, 5.41) is 0. The SMILES string of the molecule is COCCCn1cccc1C(=O)NN. The summed E-state index contributed by atoms with van der Waals surface area (Å²) in [6.07, 6.45) is 2.72. The maximum Gasteiger partial charge on any atom is 0.281 e. The van der Waals surface area contributed by atoms with Gasteiger partial charge in [-0.3, -0.25) is 10.2 Å². The van der Waals surface area contributed by atoms with Gasteiger partial charge in [0, 0.05) is 26.5 Å². The van der Waals surface area contributed by atoms with Gasteiger partial charge in [-0.05, 0) is 18.6 Å². The highest BCUT2D eigenvalue weighted by Gasteiger charge is 2.07. The Morgan fingerprint density at radius 3 is 3.14 bits per heavy atom. The number of aromatic nitrogens is 1. The molecule has 0 fully saturated rings. The Hall–Kier alpha value is -1.33. The van der Waals surface area contributed by atoms with E-state index in [0.29, 0.717) is 12.3 Å². The van der Waals surface area contributed by atoms with Crippen LogP contribution >= 0.6 is 0 Å². The molecule has 1 heterocycles. The van der Waals surface area contributed by atoms with Gasteiger partial charge in [-0.25, -0.2) is 5.84 Å². The Morgan fingerprint density at radius 1 is 1.71 bits per heavy atom. The zero-order chi connectivity index (χ0) is 10.4. The minimum Gasteiger partial charge on any atom is -0.385 e. The fourth-order valence-corrected chi connectivity index (χ4v) is 1.27. The van der Waals surface area contributed by atoms with Gasteiger partial charge in [0.1, 0.15) is 5.69 Å². The third kappa shape index (κ3) is 2.58. The number of amides is 1. The lowest BCUT2D eigenvalue weighted by Gasteiger charge is -2.07. The summed E-state index contributed by atoms with van der Waals surface area (Å²) in [6, 6.07) is 3.55. The summed E-state index contributed by atoms with van der Waals surface area (Å²) in [5.41, 5.74) is 2.68. The molecule has 1 amide bonds. The van der Waals surface area contributed by atoms with Crippen molar-refractivity contribution in [3.05, 3.63) is 24.0 Å². The summed E-state index contributed by atoms with van der Waals surface area (Å²) in [6.45, 7) is 1.44. The fourth-order valence-electron chi connectivity index (χ4n) is 1.27. The summed E-state index contributed by atoms with van der Waals surface area (Å²) in [5.74, 6) is 4.78. The normalized spacial score (nSPS) is 10.1. The average Bonchev–Trinajstić information content (AvgIpc) is 2.65. The molecule has 0 atom stereocenters. The molecule has 1 rings (SSSR count). The zero-order valence-electron chi connectivity index (χ0n) is 8.19. The van der Waals surface area contributed by atoms with Crippen LogP contribution < -0.4 is 11.3 Å². The van der Waals surface area contributed by atoms with Crippen LogP contribution in [0.4, 0.5) is 0 Å². The number of hydrogen-bond acceptors (Lipinski definition) is 3. The molecule has 14 heavy (non-hydrogen) atoms. The van der Waals surface area contributed by atoms with E-state index in [0.717, 1.165) is 13.0 Å². The fraction of sp³-hybridized carbons (Fsp3) is 0.444. The van der Waals surface area contributed by atoms with Gasteiger partial charge in [0.2, 0.25) is 0 Å². The molecule has 5 heteroatoms. The molecule has 1 aromatic heterocycles. The van der Waals surface area contributed by atoms with Gasteiger partial charge in [0.25, 0.3) is 5.91 Å². The summed E-state index contributed by atoms with van der Waals surface area (Å²) in [7, 11) is 1.66. The van der Waals surface area contributed by atoms with Crippen molar-refractivity contribution < 1.29 is 9.53 Å². The molecular formula is C9H15N3O2. The van der Waals surface area contributed by atoms with Crippen molar-refractivity contribution in [1.29, 1.82) is 0 Å². The molecule has 3 N–H and O–H groups in total. The number of nitrogen functional groups attached to an aromatic ring is 1. The Labute approximate surface area is 82.8 Å². The molecular weight excluding hydrogens is 182 g/mol. The van der Waals surface area contributed by atoms with E-state index in [-0.39, 0.29) is 5.91 Å². The number of hydrazine groups is 1. The number of nitrogens with two attached hydrogens (primary N) is 1. The van der Waals surface area contributed by atoms with Crippen molar-refractivity contribution in [3.8, 4) is 0 Å². The number of ether oxygens (including phenoxy) is 1. The van der Waals surface area contributed by atoms with Gasteiger partial charge in [-0.1, -0.05) is 0 Å². The Balaban J connectivity index is 2.58. The number of nitrogens with one attached hydrogen (secondary N) is 1. The first kappa shape index (κ1) is 10.7. The van der Waals surface area contributed by atoms with Crippen molar-refractivity contribution in [2.24, 2.45) is 5.84 Å². The van der Waals surface area contributed by atoms with Crippen molar-refractivity contribution in [2.45, 2.75) is 13.0 Å². The number of carbonyl (C=O) groups excluding carboxylic acids is 1. The summed E-state index contributed by atoms with van der Waals surface area (Å²) < 4.78 is 6.78. The molecule has 0 aliphatic carbocycles. The highest BCUT2D eigenvalue weighted by atomic mass is 16.5. The van der Waals surface area contributed by atoms with Crippen LogP contribution in [0.2, 0.25) is 0 Å². The van der Waals surface area contributed by atoms with Crippen LogP contribution in [0.1, 0.15) is 16.9 Å². The van der Waals surface area contributed by atoms with Crippen molar-refractivity contribution in [3.63, 3.8) is 0 Å². The summed E-state index contributed by atoms with van der Waals surface area (Å²) >= 11 is 0. The quantitative estimate of drug-likeness (QED) is 0.305. The van der Waals surface area contributed by atoms with Gasteiger partial charge in [-0.15, -0.1) is 0 Å². The predicted molar refractivity (Wildman–Crippen MR) is 52.6 cm³/mol. The first-order valence-corrected chi connectivity index (χ1v) is 4.44. The molecule has 0 bridgehead atoms. The number of rotatable bonds is 5. The van der Waals surface area contributed by atoms with Gasteiger partial charge in [-0.2, -0.15) is 0 Å². The second kappa shape index (κ2) is 5.41. The van der Waals surface area contributed by atoms with E-state index >= 15 is 0 Å². The number of carbonyl (C=O) groups is 1. The van der Waals surface area contributed by atoms with E-state index in [2.05, 4.69) is 5.43 Å². The van der Waals surface area contributed by atoms with E-state index in [1.807, 2.05) is 16.8 Å². The molecule has 0 aliphatic heterocycles. The second-order valence-electron chi connectivity index (χ2n) is 2.91. The Kier molecular flexibility index (Phi) is 4.15. The summed E-state index contributed by atoms with van der Waals surface area (Å²) in [4.78, 5) is 11.2. The first-order valence-electron chi connectivity index (χ1n) is 4.44. The average molecular weight is 197 g/mol. The molecule has 0 unspecified atom stereocenters. The lowest BCUT2D eigenvalue weighted by molar-refractivity contribution is 0.0943. The maximum absolute atomic E-state index is 11.2. The van der Waals surface area contributed by atoms with E-state index in [1.54, 1.807) is 13.2 Å². The van der Waals surface area contributed by atoms with E-state index in [9.17, 15) is 4.79 Å². The predicted octanol–water partition coefficient (Wildman–Crippen LogP) is 0.128. The minimum atomic E-state index is -0.271. The van der Waals surface area contributed by atoms with Crippen LogP contribution in [0.5, 0.6) is 0 Å². The molecule has 0 aliphatic rings. The van der Waals surface area contributed by atoms with E-state index in [1.165, 1.54) is 0 Å². The molecule has 78 valence electrons. The van der Waals surface area contributed by atoms with E-state index in [4.69, 9.17) is 10.6 Å². The smallest absolute Gasteiger partial charge is 0.281 e. The largest absolute Gasteiger partial charge is 0.385 e. The lowest BCUT2D eigenvalue weighted by atomic mass is 10.4. The number of hydrogen-bond donors (Lipinski definition) is 2. The standard InChI is InChI=1S/C9H15N3O2/c1-14-7-3-6-12-5-2-4-8(12)9(13)11-10/h2,4-5H,3,6-7,10H2,1H3,(H,11,13). The van der Waals surface area contributed by atoms with Gasteiger partial charge in [0.05, 0.1) is 0 Å². The minimum absolute atomic E-state index is 0.271. The van der Waals surface area contributed by atoms with Crippen molar-refractivity contribution in [2.75, 3.05) is 13.7 Å². The van der Waals surface area contributed by atoms with Crippen molar-refractivity contribution >= 4 is 5.91 Å². The lowest BCUT2D eigenvalue weighted by Crippen LogP contribution is -2.31. The molecule has 0 radical (unpaired) electrons. The molecule has 5 nitrogen and oxygen atoms in total. The van der Waals surface area contributed by atoms with Gasteiger partial charge in [0.15, 0.2) is 0 Å². The molecule has 0 spiro atoms. The third-order valence-corrected chi connectivity index (χ3v) is 1.94. The Morgan fingerprint density at radius 2 is 2.50 bits per heavy atom. The van der Waals surface area contributed by atoms with Crippen LogP contribution in [-0.4, -0.2) is 24.2 Å². The maximum atomic E-state index is 11.2. The highest BCUT2D eigenvalue weighted by molar-refractivity contribution is 5.92. The van der Waals surface area contributed by atoms with Crippen LogP contribution in [0.3, 0.4) is 0 Å². The second-order valence-corrected chi connectivity index (χ2v) is 2.91. The first-order chi connectivity index (χ1) is 6.79. The van der Waals surface area contributed by atoms with Crippen molar-refractivity contribution in [1.82, 2.24) is 9.99 Å². The van der Waals surface area contributed by atoms with Gasteiger partial charge < -0.3 is 9.30 Å². The van der Waals surface area contributed by atoms with Crippen LogP contribution in [0.15, 0.2) is 18.3 Å².